The van der Waals surface area contributed by atoms with Crippen molar-refractivity contribution in [3.63, 3.8) is 0 Å². The smallest absolute Gasteiger partial charge is 0.320 e. The van der Waals surface area contributed by atoms with Gasteiger partial charge in [0, 0.05) is 6.04 Å². The highest BCUT2D eigenvalue weighted by molar-refractivity contribution is 5.73. The van der Waals surface area contributed by atoms with E-state index in [0.717, 1.165) is 19.3 Å². The highest BCUT2D eigenvalue weighted by Gasteiger charge is 2.26. The SMILES string of the molecule is CC[C@H]1CC[C@H](C(=O)O)N1. The zero-order chi connectivity index (χ0) is 7.56. The average molecular weight is 143 g/mol. The molecule has 1 fully saturated rings. The van der Waals surface area contributed by atoms with Gasteiger partial charge in [0.2, 0.25) is 0 Å². The molecule has 0 aliphatic carbocycles. The van der Waals surface area contributed by atoms with E-state index in [1.807, 2.05) is 0 Å². The Morgan fingerprint density at radius 3 is 2.70 bits per heavy atom. The van der Waals surface area contributed by atoms with Gasteiger partial charge in [0.1, 0.15) is 6.04 Å². The largest absolute Gasteiger partial charge is 0.480 e. The van der Waals surface area contributed by atoms with Crippen LogP contribution in [-0.4, -0.2) is 23.2 Å². The average Bonchev–Trinajstić information content (AvgIpc) is 2.34. The third kappa shape index (κ3) is 1.48. The molecule has 10 heavy (non-hydrogen) atoms. The van der Waals surface area contributed by atoms with Gasteiger partial charge < -0.3 is 10.4 Å². The van der Waals surface area contributed by atoms with Crippen LogP contribution in [0.3, 0.4) is 0 Å². The maximum Gasteiger partial charge on any atom is 0.320 e. The van der Waals surface area contributed by atoms with Gasteiger partial charge in [-0.2, -0.15) is 0 Å². The standard InChI is InChI=1S/C7H13NO2/c1-2-5-3-4-6(8-5)7(9)10/h5-6,8H,2-4H2,1H3,(H,9,10)/t5-,6+/m0/s1. The fourth-order valence-corrected chi connectivity index (χ4v) is 1.34. The lowest BCUT2D eigenvalue weighted by Crippen LogP contribution is -2.34. The second-order valence-corrected chi connectivity index (χ2v) is 2.74. The molecule has 0 aromatic rings. The minimum atomic E-state index is -0.712. The van der Waals surface area contributed by atoms with Gasteiger partial charge in [-0.15, -0.1) is 0 Å². The molecule has 0 spiro atoms. The van der Waals surface area contributed by atoms with E-state index >= 15 is 0 Å². The fourth-order valence-electron chi connectivity index (χ4n) is 1.34. The summed E-state index contributed by atoms with van der Waals surface area (Å²) in [6, 6.07) is 0.144. The summed E-state index contributed by atoms with van der Waals surface area (Å²) in [5.74, 6) is -0.712. The minimum Gasteiger partial charge on any atom is -0.480 e. The Balaban J connectivity index is 2.35. The summed E-state index contributed by atoms with van der Waals surface area (Å²) in [6.07, 6.45) is 2.82. The molecule has 1 aliphatic rings. The zero-order valence-electron chi connectivity index (χ0n) is 6.13. The van der Waals surface area contributed by atoms with Crippen LogP contribution in [0.2, 0.25) is 0 Å². The summed E-state index contributed by atoms with van der Waals surface area (Å²) >= 11 is 0. The van der Waals surface area contributed by atoms with E-state index in [1.54, 1.807) is 0 Å². The number of carboxylic acid groups (broad SMARTS) is 1. The summed E-state index contributed by atoms with van der Waals surface area (Å²) < 4.78 is 0. The van der Waals surface area contributed by atoms with Crippen molar-refractivity contribution in [1.82, 2.24) is 5.32 Å². The maximum atomic E-state index is 10.4. The molecule has 0 unspecified atom stereocenters. The molecule has 2 N–H and O–H groups in total. The van der Waals surface area contributed by atoms with Gasteiger partial charge in [-0.25, -0.2) is 0 Å². The summed E-state index contributed by atoms with van der Waals surface area (Å²) in [7, 11) is 0. The van der Waals surface area contributed by atoms with E-state index in [2.05, 4.69) is 12.2 Å². The molecule has 1 heterocycles. The molecule has 1 rings (SSSR count). The Morgan fingerprint density at radius 2 is 2.40 bits per heavy atom. The van der Waals surface area contributed by atoms with Crippen molar-refractivity contribution in [3.8, 4) is 0 Å². The highest BCUT2D eigenvalue weighted by Crippen LogP contribution is 2.14. The Kier molecular flexibility index (Phi) is 2.27. The van der Waals surface area contributed by atoms with Crippen molar-refractivity contribution in [3.05, 3.63) is 0 Å². The van der Waals surface area contributed by atoms with E-state index < -0.39 is 5.97 Å². The summed E-state index contributed by atoms with van der Waals surface area (Å²) in [5, 5.41) is 11.6. The van der Waals surface area contributed by atoms with Crippen molar-refractivity contribution < 1.29 is 9.90 Å². The minimum absolute atomic E-state index is 0.287. The first kappa shape index (κ1) is 7.54. The number of rotatable bonds is 2. The Morgan fingerprint density at radius 1 is 1.70 bits per heavy atom. The first-order chi connectivity index (χ1) is 4.74. The van der Waals surface area contributed by atoms with Crippen LogP contribution in [-0.2, 0) is 4.79 Å². The van der Waals surface area contributed by atoms with E-state index in [1.165, 1.54) is 0 Å². The number of carboxylic acids is 1. The molecular formula is C7H13NO2. The molecule has 2 atom stereocenters. The topological polar surface area (TPSA) is 49.3 Å². The van der Waals surface area contributed by atoms with E-state index in [4.69, 9.17) is 5.11 Å². The van der Waals surface area contributed by atoms with E-state index in [9.17, 15) is 4.79 Å². The van der Waals surface area contributed by atoms with Crippen molar-refractivity contribution in [1.29, 1.82) is 0 Å². The number of hydrogen-bond donors (Lipinski definition) is 2. The van der Waals surface area contributed by atoms with Crippen molar-refractivity contribution >= 4 is 5.97 Å². The molecule has 1 saturated heterocycles. The van der Waals surface area contributed by atoms with Gasteiger partial charge >= 0.3 is 5.97 Å². The molecule has 3 heteroatoms. The first-order valence-electron chi connectivity index (χ1n) is 3.73. The van der Waals surface area contributed by atoms with Gasteiger partial charge in [-0.05, 0) is 19.3 Å². The number of aliphatic carboxylic acids is 1. The number of carbonyl (C=O) groups is 1. The normalized spacial score (nSPS) is 32.5. The lowest BCUT2D eigenvalue weighted by Gasteiger charge is -2.07. The van der Waals surface area contributed by atoms with Crippen LogP contribution >= 0.6 is 0 Å². The van der Waals surface area contributed by atoms with Gasteiger partial charge in [0.25, 0.3) is 0 Å². The molecule has 0 amide bonds. The van der Waals surface area contributed by atoms with Gasteiger partial charge in [0.15, 0.2) is 0 Å². The monoisotopic (exact) mass is 143 g/mol. The van der Waals surface area contributed by atoms with Crippen molar-refractivity contribution in [2.45, 2.75) is 38.3 Å². The van der Waals surface area contributed by atoms with Crippen molar-refractivity contribution in [2.24, 2.45) is 0 Å². The van der Waals surface area contributed by atoms with Gasteiger partial charge in [-0.3, -0.25) is 4.79 Å². The lowest BCUT2D eigenvalue weighted by molar-refractivity contribution is -0.139. The fraction of sp³-hybridized carbons (Fsp3) is 0.857. The quantitative estimate of drug-likeness (QED) is 0.595. The van der Waals surface area contributed by atoms with Gasteiger partial charge in [0.05, 0.1) is 0 Å². The van der Waals surface area contributed by atoms with Crippen LogP contribution in [0.15, 0.2) is 0 Å². The van der Waals surface area contributed by atoms with E-state index in [-0.39, 0.29) is 6.04 Å². The van der Waals surface area contributed by atoms with Crippen LogP contribution in [0.5, 0.6) is 0 Å². The van der Waals surface area contributed by atoms with Gasteiger partial charge in [-0.1, -0.05) is 6.92 Å². The van der Waals surface area contributed by atoms with E-state index in [0.29, 0.717) is 6.04 Å². The number of hydrogen-bond acceptors (Lipinski definition) is 2. The molecular weight excluding hydrogens is 130 g/mol. The molecule has 0 radical (unpaired) electrons. The Hall–Kier alpha value is -0.570. The van der Waals surface area contributed by atoms with Crippen LogP contribution in [0.25, 0.3) is 0 Å². The molecule has 3 nitrogen and oxygen atoms in total. The molecule has 0 aromatic carbocycles. The summed E-state index contributed by atoms with van der Waals surface area (Å²) in [5.41, 5.74) is 0. The van der Waals surface area contributed by atoms with Crippen LogP contribution in [0, 0.1) is 0 Å². The second kappa shape index (κ2) is 3.01. The van der Waals surface area contributed by atoms with Crippen molar-refractivity contribution in [2.75, 3.05) is 0 Å². The lowest BCUT2D eigenvalue weighted by atomic mass is 10.1. The Bertz CT molecular complexity index is 136. The predicted octanol–water partition coefficient (Wildman–Crippen LogP) is 0.602. The zero-order valence-corrected chi connectivity index (χ0v) is 6.13. The molecule has 58 valence electrons. The summed E-state index contributed by atoms with van der Waals surface area (Å²) in [6.45, 7) is 2.07. The molecule has 1 aliphatic heterocycles. The van der Waals surface area contributed by atoms with Crippen LogP contribution in [0.4, 0.5) is 0 Å². The third-order valence-electron chi connectivity index (χ3n) is 2.03. The molecule has 0 aromatic heterocycles. The Labute approximate surface area is 60.4 Å². The summed E-state index contributed by atoms with van der Waals surface area (Å²) in [4.78, 5) is 10.4. The van der Waals surface area contributed by atoms with Crippen LogP contribution < -0.4 is 5.32 Å². The second-order valence-electron chi connectivity index (χ2n) is 2.74. The first-order valence-corrected chi connectivity index (χ1v) is 3.73. The maximum absolute atomic E-state index is 10.4. The molecule has 0 saturated carbocycles. The third-order valence-corrected chi connectivity index (χ3v) is 2.03. The predicted molar refractivity (Wildman–Crippen MR) is 37.9 cm³/mol. The highest BCUT2D eigenvalue weighted by atomic mass is 16.4. The molecule has 0 bridgehead atoms. The number of nitrogens with one attached hydrogen (secondary N) is 1. The van der Waals surface area contributed by atoms with Crippen LogP contribution in [0.1, 0.15) is 26.2 Å².